The predicted octanol–water partition coefficient (Wildman–Crippen LogP) is 4.81. The van der Waals surface area contributed by atoms with Crippen molar-refractivity contribution in [1.29, 1.82) is 0 Å². The zero-order chi connectivity index (χ0) is 17.6. The van der Waals surface area contributed by atoms with Crippen LogP contribution in [-0.2, 0) is 11.0 Å². The minimum absolute atomic E-state index is 0.0264. The molecule has 0 fully saturated rings. The molecule has 0 heterocycles. The third-order valence-electron chi connectivity index (χ3n) is 3.68. The van der Waals surface area contributed by atoms with Crippen molar-refractivity contribution in [2.75, 3.05) is 18.4 Å². The summed E-state index contributed by atoms with van der Waals surface area (Å²) < 4.78 is 39.2. The number of hydrogen-bond acceptors (Lipinski definition) is 2. The van der Waals surface area contributed by atoms with Gasteiger partial charge in [0.25, 0.3) is 0 Å². The first-order valence-electron chi connectivity index (χ1n) is 7.62. The number of unbranched alkanes of at least 4 members (excludes halogenated alkanes) is 1. The van der Waals surface area contributed by atoms with Gasteiger partial charge in [-0.05, 0) is 44.6 Å². The largest absolute Gasteiger partial charge is 0.418 e. The molecular weight excluding hydrogens is 329 g/mol. The van der Waals surface area contributed by atoms with E-state index >= 15 is 0 Å². The summed E-state index contributed by atoms with van der Waals surface area (Å²) in [5, 5.41) is 2.35. The van der Waals surface area contributed by atoms with Gasteiger partial charge < -0.3 is 5.32 Å². The van der Waals surface area contributed by atoms with E-state index in [-0.39, 0.29) is 10.7 Å². The molecule has 7 heteroatoms. The van der Waals surface area contributed by atoms with E-state index in [4.69, 9.17) is 11.6 Å². The summed E-state index contributed by atoms with van der Waals surface area (Å²) in [6.07, 6.45) is -2.66. The van der Waals surface area contributed by atoms with Crippen LogP contribution in [0, 0.1) is 0 Å². The van der Waals surface area contributed by atoms with Crippen LogP contribution in [0.3, 0.4) is 0 Å². The molecule has 130 valence electrons. The molecular formula is C16H22ClF3N2O. The molecule has 0 aliphatic heterocycles. The fraction of sp³-hybridized carbons (Fsp3) is 0.562. The van der Waals surface area contributed by atoms with Crippen molar-refractivity contribution in [1.82, 2.24) is 4.90 Å². The summed E-state index contributed by atoms with van der Waals surface area (Å²) in [5.41, 5.74) is -1.22. The second-order valence-electron chi connectivity index (χ2n) is 5.34. The average molecular weight is 351 g/mol. The van der Waals surface area contributed by atoms with E-state index in [1.165, 1.54) is 12.1 Å². The number of carbonyl (C=O) groups is 1. The molecule has 0 bridgehead atoms. The lowest BCUT2D eigenvalue weighted by Crippen LogP contribution is -2.42. The Labute approximate surface area is 139 Å². The average Bonchev–Trinajstić information content (AvgIpc) is 2.48. The van der Waals surface area contributed by atoms with Gasteiger partial charge in [0.05, 0.1) is 17.3 Å². The van der Waals surface area contributed by atoms with Crippen LogP contribution in [0.4, 0.5) is 18.9 Å². The Morgan fingerprint density at radius 3 is 2.52 bits per heavy atom. The lowest BCUT2D eigenvalue weighted by atomic mass is 10.1. The second kappa shape index (κ2) is 8.55. The van der Waals surface area contributed by atoms with E-state index in [9.17, 15) is 18.0 Å². The second-order valence-corrected chi connectivity index (χ2v) is 5.77. The number of amides is 1. The third-order valence-corrected chi connectivity index (χ3v) is 3.91. The Kier molecular flexibility index (Phi) is 7.35. The Morgan fingerprint density at radius 1 is 1.35 bits per heavy atom. The molecule has 0 radical (unpaired) electrons. The first kappa shape index (κ1) is 19.8. The number of benzene rings is 1. The normalized spacial score (nSPS) is 13.2. The summed E-state index contributed by atoms with van der Waals surface area (Å²) in [6.45, 7) is 7.04. The van der Waals surface area contributed by atoms with E-state index in [1.54, 1.807) is 6.92 Å². The van der Waals surface area contributed by atoms with Crippen molar-refractivity contribution in [3.05, 3.63) is 28.8 Å². The van der Waals surface area contributed by atoms with Crippen LogP contribution >= 0.6 is 11.6 Å². The van der Waals surface area contributed by atoms with Crippen molar-refractivity contribution in [3.8, 4) is 0 Å². The number of hydrogen-bond donors (Lipinski definition) is 1. The van der Waals surface area contributed by atoms with Gasteiger partial charge in [0.1, 0.15) is 0 Å². The van der Waals surface area contributed by atoms with Crippen molar-refractivity contribution in [3.63, 3.8) is 0 Å². The van der Waals surface area contributed by atoms with Crippen LogP contribution in [0.25, 0.3) is 0 Å². The third kappa shape index (κ3) is 5.70. The van der Waals surface area contributed by atoms with Gasteiger partial charge in [-0.3, -0.25) is 9.69 Å². The highest BCUT2D eigenvalue weighted by atomic mass is 35.5. The van der Waals surface area contributed by atoms with E-state index in [0.29, 0.717) is 6.54 Å². The predicted molar refractivity (Wildman–Crippen MR) is 86.7 cm³/mol. The van der Waals surface area contributed by atoms with Gasteiger partial charge in [0.15, 0.2) is 0 Å². The summed E-state index contributed by atoms with van der Waals surface area (Å²) in [4.78, 5) is 14.2. The van der Waals surface area contributed by atoms with Crippen LogP contribution < -0.4 is 5.32 Å². The number of likely N-dealkylation sites (N-methyl/N-ethyl adjacent to an activating group) is 1. The van der Waals surface area contributed by atoms with Crippen LogP contribution in [0.15, 0.2) is 18.2 Å². The molecule has 1 atom stereocenters. The van der Waals surface area contributed by atoms with Gasteiger partial charge in [-0.15, -0.1) is 0 Å². The molecule has 0 saturated carbocycles. The molecule has 1 aromatic carbocycles. The van der Waals surface area contributed by atoms with E-state index in [0.717, 1.165) is 25.5 Å². The van der Waals surface area contributed by atoms with Crippen molar-refractivity contribution in [2.45, 2.75) is 45.8 Å². The number of halogens is 4. The zero-order valence-electron chi connectivity index (χ0n) is 13.5. The Morgan fingerprint density at radius 2 is 2.00 bits per heavy atom. The smallest absolute Gasteiger partial charge is 0.324 e. The van der Waals surface area contributed by atoms with Crippen LogP contribution in [0.1, 0.15) is 39.2 Å². The molecule has 3 nitrogen and oxygen atoms in total. The van der Waals surface area contributed by atoms with E-state index < -0.39 is 23.7 Å². The van der Waals surface area contributed by atoms with Gasteiger partial charge in [0.2, 0.25) is 5.91 Å². The standard InChI is InChI=1S/C16H22ClF3N2O/c1-4-6-9-22(5-2)11(3)15(23)21-14-8-7-12(17)10-13(14)16(18,19)20/h7-8,10-11H,4-6,9H2,1-3H3,(H,21,23). The fourth-order valence-corrected chi connectivity index (χ4v) is 2.42. The van der Waals surface area contributed by atoms with Crippen molar-refractivity contribution in [2.24, 2.45) is 0 Å². The first-order valence-corrected chi connectivity index (χ1v) is 8.00. The maximum atomic E-state index is 13.1. The Bertz CT molecular complexity index is 535. The number of nitrogens with zero attached hydrogens (tertiary/aromatic N) is 1. The molecule has 1 N–H and O–H groups in total. The highest BCUT2D eigenvalue weighted by Crippen LogP contribution is 2.36. The van der Waals surface area contributed by atoms with E-state index in [1.807, 2.05) is 18.7 Å². The topological polar surface area (TPSA) is 32.3 Å². The molecule has 0 aliphatic rings. The minimum Gasteiger partial charge on any atom is -0.324 e. The van der Waals surface area contributed by atoms with Crippen molar-refractivity contribution >= 4 is 23.2 Å². The van der Waals surface area contributed by atoms with Crippen molar-refractivity contribution < 1.29 is 18.0 Å². The van der Waals surface area contributed by atoms with Gasteiger partial charge in [-0.25, -0.2) is 0 Å². The molecule has 0 saturated heterocycles. The number of alkyl halides is 3. The Hall–Kier alpha value is -1.27. The minimum atomic E-state index is -4.58. The molecule has 0 aliphatic carbocycles. The highest BCUT2D eigenvalue weighted by Gasteiger charge is 2.34. The SMILES string of the molecule is CCCCN(CC)C(C)C(=O)Nc1ccc(Cl)cc1C(F)(F)F. The molecule has 1 amide bonds. The summed E-state index contributed by atoms with van der Waals surface area (Å²) in [7, 11) is 0. The summed E-state index contributed by atoms with van der Waals surface area (Å²) >= 11 is 5.63. The summed E-state index contributed by atoms with van der Waals surface area (Å²) in [6, 6.07) is 2.81. The molecule has 0 aromatic heterocycles. The quantitative estimate of drug-likeness (QED) is 0.765. The monoisotopic (exact) mass is 350 g/mol. The zero-order valence-corrected chi connectivity index (χ0v) is 14.3. The maximum absolute atomic E-state index is 13.1. The van der Waals surface area contributed by atoms with Crippen LogP contribution in [-0.4, -0.2) is 29.9 Å². The van der Waals surface area contributed by atoms with Gasteiger partial charge >= 0.3 is 6.18 Å². The maximum Gasteiger partial charge on any atom is 0.418 e. The number of nitrogens with one attached hydrogen (secondary N) is 1. The van der Waals surface area contributed by atoms with Gasteiger partial charge in [-0.1, -0.05) is 31.9 Å². The lowest BCUT2D eigenvalue weighted by Gasteiger charge is -2.27. The Balaban J connectivity index is 2.92. The lowest BCUT2D eigenvalue weighted by molar-refractivity contribution is -0.137. The highest BCUT2D eigenvalue weighted by molar-refractivity contribution is 6.30. The number of carbonyl (C=O) groups excluding carboxylic acids is 1. The summed E-state index contributed by atoms with van der Waals surface area (Å²) in [5.74, 6) is -0.462. The first-order chi connectivity index (χ1) is 10.7. The fourth-order valence-electron chi connectivity index (χ4n) is 2.25. The molecule has 1 aromatic rings. The molecule has 1 rings (SSSR count). The van der Waals surface area contributed by atoms with Gasteiger partial charge in [0, 0.05) is 5.02 Å². The van der Waals surface area contributed by atoms with Gasteiger partial charge in [-0.2, -0.15) is 13.2 Å². The van der Waals surface area contributed by atoms with E-state index in [2.05, 4.69) is 5.32 Å². The number of rotatable bonds is 7. The molecule has 0 spiro atoms. The van der Waals surface area contributed by atoms with Crippen LogP contribution in [0.2, 0.25) is 5.02 Å². The molecule has 23 heavy (non-hydrogen) atoms. The molecule has 1 unspecified atom stereocenters. The van der Waals surface area contributed by atoms with Crippen LogP contribution in [0.5, 0.6) is 0 Å². The number of anilines is 1.